The zero-order valence-corrected chi connectivity index (χ0v) is 18.0. The number of hydrazone groups is 1. The van der Waals surface area contributed by atoms with E-state index in [-0.39, 0.29) is 12.1 Å². The van der Waals surface area contributed by atoms with Crippen LogP contribution < -0.4 is 10.3 Å². The van der Waals surface area contributed by atoms with Crippen LogP contribution in [0.5, 0.6) is 0 Å². The van der Waals surface area contributed by atoms with Crippen LogP contribution in [0, 0.1) is 24.0 Å². The second-order valence-electron chi connectivity index (χ2n) is 7.43. The largest absolute Gasteiger partial charge is 0.378 e. The van der Waals surface area contributed by atoms with Gasteiger partial charge in [-0.15, -0.1) is 0 Å². The van der Waals surface area contributed by atoms with E-state index in [9.17, 15) is 14.9 Å². The van der Waals surface area contributed by atoms with E-state index in [4.69, 9.17) is 0 Å². The van der Waals surface area contributed by atoms with Crippen molar-refractivity contribution in [3.05, 3.63) is 87.2 Å². The second kappa shape index (κ2) is 9.25. The average Bonchev–Trinajstić information content (AvgIpc) is 3.01. The van der Waals surface area contributed by atoms with Crippen molar-refractivity contribution in [3.8, 4) is 5.69 Å². The number of anilines is 1. The summed E-state index contributed by atoms with van der Waals surface area (Å²) in [5.74, 6) is -0.418. The molecule has 1 N–H and O–H groups in total. The predicted molar refractivity (Wildman–Crippen MR) is 122 cm³/mol. The van der Waals surface area contributed by atoms with Gasteiger partial charge in [0.15, 0.2) is 0 Å². The van der Waals surface area contributed by atoms with E-state index in [1.807, 2.05) is 38.9 Å². The van der Waals surface area contributed by atoms with Gasteiger partial charge in [-0.05, 0) is 44.2 Å². The molecule has 0 atom stereocenters. The number of aromatic nitrogens is 1. The van der Waals surface area contributed by atoms with Crippen molar-refractivity contribution in [2.24, 2.45) is 5.10 Å². The molecule has 31 heavy (non-hydrogen) atoms. The summed E-state index contributed by atoms with van der Waals surface area (Å²) in [5, 5.41) is 15.1. The van der Waals surface area contributed by atoms with Gasteiger partial charge in [0.05, 0.1) is 17.6 Å². The van der Waals surface area contributed by atoms with Crippen molar-refractivity contribution in [3.63, 3.8) is 0 Å². The molecule has 1 aromatic heterocycles. The van der Waals surface area contributed by atoms with E-state index < -0.39 is 10.8 Å². The molecule has 0 unspecified atom stereocenters. The molecule has 1 amide bonds. The monoisotopic (exact) mass is 419 g/mol. The highest BCUT2D eigenvalue weighted by Gasteiger charge is 2.15. The van der Waals surface area contributed by atoms with Crippen molar-refractivity contribution < 1.29 is 9.72 Å². The van der Waals surface area contributed by atoms with Gasteiger partial charge in [-0.1, -0.05) is 18.2 Å². The van der Waals surface area contributed by atoms with E-state index in [1.165, 1.54) is 6.07 Å². The first-order valence-corrected chi connectivity index (χ1v) is 9.79. The van der Waals surface area contributed by atoms with Gasteiger partial charge >= 0.3 is 0 Å². The normalized spacial score (nSPS) is 11.0. The Labute approximate surface area is 181 Å². The van der Waals surface area contributed by atoms with Crippen molar-refractivity contribution in [1.82, 2.24) is 9.99 Å². The van der Waals surface area contributed by atoms with Crippen LogP contribution in [0.25, 0.3) is 5.69 Å². The van der Waals surface area contributed by atoms with Crippen LogP contribution in [0.15, 0.2) is 59.7 Å². The zero-order valence-electron chi connectivity index (χ0n) is 18.0. The van der Waals surface area contributed by atoms with Gasteiger partial charge in [-0.3, -0.25) is 14.9 Å². The van der Waals surface area contributed by atoms with Gasteiger partial charge in [0.25, 0.3) is 5.69 Å². The van der Waals surface area contributed by atoms with Gasteiger partial charge in [0.2, 0.25) is 5.91 Å². The molecule has 0 aliphatic rings. The molecule has 3 aromatic rings. The Bertz CT molecular complexity index is 1130. The zero-order chi connectivity index (χ0) is 22.5. The lowest BCUT2D eigenvalue weighted by molar-refractivity contribution is -0.385. The first kappa shape index (κ1) is 21.8. The number of rotatable bonds is 7. The Balaban J connectivity index is 1.71. The summed E-state index contributed by atoms with van der Waals surface area (Å²) >= 11 is 0. The van der Waals surface area contributed by atoms with Gasteiger partial charge in [0, 0.05) is 54.1 Å². The fraction of sp³-hybridized carbons (Fsp3) is 0.217. The van der Waals surface area contributed by atoms with E-state index in [0.717, 1.165) is 28.3 Å². The maximum Gasteiger partial charge on any atom is 0.273 e. The number of para-hydroxylation sites is 1. The van der Waals surface area contributed by atoms with Gasteiger partial charge < -0.3 is 9.47 Å². The number of nitrogens with one attached hydrogen (secondary N) is 1. The SMILES string of the molecule is Cc1cc(/C=N/NC(=O)Cc2ccccc2[N+](=O)[O-])c(C)n1-c1ccc(N(C)C)cc1. The van der Waals surface area contributed by atoms with E-state index in [2.05, 4.69) is 39.4 Å². The summed E-state index contributed by atoms with van der Waals surface area (Å²) in [6.45, 7) is 4.00. The highest BCUT2D eigenvalue weighted by molar-refractivity contribution is 5.85. The quantitative estimate of drug-likeness (QED) is 0.358. The van der Waals surface area contributed by atoms with Crippen LogP contribution in [-0.4, -0.2) is 35.7 Å². The van der Waals surface area contributed by atoms with Crippen molar-refractivity contribution in [2.75, 3.05) is 19.0 Å². The van der Waals surface area contributed by atoms with Crippen LogP contribution >= 0.6 is 0 Å². The lowest BCUT2D eigenvalue weighted by Gasteiger charge is -2.14. The minimum Gasteiger partial charge on any atom is -0.378 e. The van der Waals surface area contributed by atoms with Gasteiger partial charge in [-0.2, -0.15) is 5.10 Å². The maximum absolute atomic E-state index is 12.2. The molecular weight excluding hydrogens is 394 g/mol. The molecule has 0 fully saturated rings. The van der Waals surface area contributed by atoms with Crippen molar-refractivity contribution >= 4 is 23.5 Å². The standard InChI is InChI=1S/C23H25N5O3/c1-16-13-19(17(2)27(16)21-11-9-20(10-12-21)26(3)4)15-24-25-23(29)14-18-7-5-6-8-22(18)28(30)31/h5-13,15H,14H2,1-4H3,(H,25,29)/b24-15+. The van der Waals surface area contributed by atoms with E-state index in [0.29, 0.717) is 5.56 Å². The first-order valence-electron chi connectivity index (χ1n) is 9.79. The van der Waals surface area contributed by atoms with Crippen LogP contribution in [0.3, 0.4) is 0 Å². The highest BCUT2D eigenvalue weighted by atomic mass is 16.6. The third kappa shape index (κ3) is 4.98. The molecule has 3 rings (SSSR count). The number of aryl methyl sites for hydroxylation is 1. The Morgan fingerprint density at radius 3 is 2.48 bits per heavy atom. The summed E-state index contributed by atoms with van der Waals surface area (Å²) in [7, 11) is 4.00. The minimum absolute atomic E-state index is 0.0783. The molecule has 8 heteroatoms. The van der Waals surface area contributed by atoms with Crippen LogP contribution in [0.2, 0.25) is 0 Å². The van der Waals surface area contributed by atoms with Crippen molar-refractivity contribution in [2.45, 2.75) is 20.3 Å². The predicted octanol–water partition coefficient (Wildman–Crippen LogP) is 3.76. The molecule has 8 nitrogen and oxygen atoms in total. The summed E-state index contributed by atoms with van der Waals surface area (Å²) in [6, 6.07) is 16.4. The summed E-state index contributed by atoms with van der Waals surface area (Å²) in [6.07, 6.45) is 1.47. The lowest BCUT2D eigenvalue weighted by Crippen LogP contribution is -2.20. The van der Waals surface area contributed by atoms with Crippen LogP contribution in [0.4, 0.5) is 11.4 Å². The summed E-state index contributed by atoms with van der Waals surface area (Å²) in [4.78, 5) is 24.8. The molecule has 0 aliphatic carbocycles. The molecular formula is C23H25N5O3. The van der Waals surface area contributed by atoms with E-state index in [1.54, 1.807) is 24.4 Å². The molecule has 0 bridgehead atoms. The Morgan fingerprint density at radius 1 is 1.16 bits per heavy atom. The van der Waals surface area contributed by atoms with E-state index >= 15 is 0 Å². The third-order valence-electron chi connectivity index (χ3n) is 5.03. The second-order valence-corrected chi connectivity index (χ2v) is 7.43. The Morgan fingerprint density at radius 2 is 1.84 bits per heavy atom. The Hall–Kier alpha value is -3.94. The Kier molecular flexibility index (Phi) is 6.49. The van der Waals surface area contributed by atoms with Crippen LogP contribution in [0.1, 0.15) is 22.5 Å². The molecule has 0 aliphatic heterocycles. The summed E-state index contributed by atoms with van der Waals surface area (Å²) in [5.41, 5.74) is 7.80. The minimum atomic E-state index is -0.494. The number of hydrogen-bond acceptors (Lipinski definition) is 5. The number of hydrogen-bond donors (Lipinski definition) is 1. The number of benzene rings is 2. The highest BCUT2D eigenvalue weighted by Crippen LogP contribution is 2.22. The smallest absolute Gasteiger partial charge is 0.273 e. The molecule has 0 saturated carbocycles. The number of carbonyl (C=O) groups excluding carboxylic acids is 1. The number of carbonyl (C=O) groups is 1. The van der Waals surface area contributed by atoms with Gasteiger partial charge in [0.1, 0.15) is 0 Å². The number of nitro benzene ring substituents is 1. The number of amides is 1. The lowest BCUT2D eigenvalue weighted by atomic mass is 10.1. The third-order valence-corrected chi connectivity index (χ3v) is 5.03. The van der Waals surface area contributed by atoms with Crippen molar-refractivity contribution in [1.29, 1.82) is 0 Å². The molecule has 0 radical (unpaired) electrons. The van der Waals surface area contributed by atoms with Gasteiger partial charge in [-0.25, -0.2) is 5.43 Å². The maximum atomic E-state index is 12.2. The fourth-order valence-corrected chi connectivity index (χ4v) is 3.44. The average molecular weight is 419 g/mol. The number of nitro groups is 1. The molecule has 160 valence electrons. The van der Waals surface area contributed by atoms with Crippen LogP contribution in [-0.2, 0) is 11.2 Å². The first-order chi connectivity index (χ1) is 14.8. The molecule has 0 saturated heterocycles. The topological polar surface area (TPSA) is 92.8 Å². The fourth-order valence-electron chi connectivity index (χ4n) is 3.44. The molecule has 1 heterocycles. The summed E-state index contributed by atoms with van der Waals surface area (Å²) < 4.78 is 2.12. The molecule has 0 spiro atoms. The number of nitrogens with zero attached hydrogens (tertiary/aromatic N) is 4. The molecule has 2 aromatic carbocycles.